The van der Waals surface area contributed by atoms with Crippen molar-refractivity contribution in [1.82, 2.24) is 0 Å². The van der Waals surface area contributed by atoms with Gasteiger partial charge >= 0.3 is 0 Å². The number of hydrogen-bond donors (Lipinski definition) is 1. The Hall–Kier alpha value is -2.49. The second-order valence-electron chi connectivity index (χ2n) is 5.73. The average molecular weight is 327 g/mol. The predicted molar refractivity (Wildman–Crippen MR) is 96.8 cm³/mol. The second kappa shape index (κ2) is 9.60. The normalized spacial score (nSPS) is 10.2. The number of rotatable bonds is 9. The van der Waals surface area contributed by atoms with E-state index >= 15 is 0 Å². The summed E-state index contributed by atoms with van der Waals surface area (Å²) < 4.78 is 11.1. The molecule has 0 heterocycles. The molecular weight excluding hydrogens is 302 g/mol. The SMILES string of the molecule is CCCCCOc1ccc(NC(=O)COc2ccc(C)cc2)cc1. The van der Waals surface area contributed by atoms with Crippen molar-refractivity contribution in [3.63, 3.8) is 0 Å². The van der Waals surface area contributed by atoms with E-state index in [0.717, 1.165) is 30.0 Å². The lowest BCUT2D eigenvalue weighted by Crippen LogP contribution is -2.20. The van der Waals surface area contributed by atoms with Gasteiger partial charge in [-0.1, -0.05) is 37.5 Å². The first-order valence-corrected chi connectivity index (χ1v) is 8.39. The van der Waals surface area contributed by atoms with Gasteiger partial charge in [-0.25, -0.2) is 0 Å². The molecule has 24 heavy (non-hydrogen) atoms. The number of amides is 1. The first kappa shape index (κ1) is 17.9. The van der Waals surface area contributed by atoms with Crippen LogP contribution >= 0.6 is 0 Å². The third kappa shape index (κ3) is 6.32. The molecule has 4 nitrogen and oxygen atoms in total. The van der Waals surface area contributed by atoms with Crippen LogP contribution < -0.4 is 14.8 Å². The number of anilines is 1. The topological polar surface area (TPSA) is 47.6 Å². The molecule has 0 aromatic heterocycles. The molecule has 0 unspecified atom stereocenters. The summed E-state index contributed by atoms with van der Waals surface area (Å²) >= 11 is 0. The lowest BCUT2D eigenvalue weighted by molar-refractivity contribution is -0.118. The van der Waals surface area contributed by atoms with Crippen LogP contribution in [0.4, 0.5) is 5.69 Å². The summed E-state index contributed by atoms with van der Waals surface area (Å²) in [6.07, 6.45) is 3.42. The minimum Gasteiger partial charge on any atom is -0.494 e. The number of nitrogens with one attached hydrogen (secondary N) is 1. The smallest absolute Gasteiger partial charge is 0.262 e. The van der Waals surface area contributed by atoms with Crippen molar-refractivity contribution >= 4 is 11.6 Å². The van der Waals surface area contributed by atoms with Gasteiger partial charge in [-0.05, 0) is 49.7 Å². The van der Waals surface area contributed by atoms with Crippen molar-refractivity contribution in [3.8, 4) is 11.5 Å². The molecule has 0 aliphatic rings. The maximum atomic E-state index is 11.9. The molecule has 0 bridgehead atoms. The van der Waals surface area contributed by atoms with E-state index in [4.69, 9.17) is 9.47 Å². The van der Waals surface area contributed by atoms with Gasteiger partial charge in [0.1, 0.15) is 11.5 Å². The highest BCUT2D eigenvalue weighted by Crippen LogP contribution is 2.16. The van der Waals surface area contributed by atoms with Crippen molar-refractivity contribution < 1.29 is 14.3 Å². The van der Waals surface area contributed by atoms with E-state index < -0.39 is 0 Å². The Morgan fingerprint density at radius 2 is 1.54 bits per heavy atom. The Morgan fingerprint density at radius 3 is 2.21 bits per heavy atom. The summed E-state index contributed by atoms with van der Waals surface area (Å²) in [6, 6.07) is 15.0. The summed E-state index contributed by atoms with van der Waals surface area (Å²) in [4.78, 5) is 11.9. The molecule has 0 fully saturated rings. The third-order valence-corrected chi connectivity index (χ3v) is 3.55. The van der Waals surface area contributed by atoms with Gasteiger partial charge in [0.15, 0.2) is 6.61 Å². The molecule has 4 heteroatoms. The standard InChI is InChI=1S/C20H25NO3/c1-3-4-5-14-23-18-12-8-17(9-13-18)21-20(22)15-24-19-10-6-16(2)7-11-19/h6-13H,3-5,14-15H2,1-2H3,(H,21,22). The van der Waals surface area contributed by atoms with Crippen LogP contribution in [0.3, 0.4) is 0 Å². The van der Waals surface area contributed by atoms with E-state index in [-0.39, 0.29) is 12.5 Å². The van der Waals surface area contributed by atoms with E-state index in [1.165, 1.54) is 12.8 Å². The maximum absolute atomic E-state index is 11.9. The Labute approximate surface area is 143 Å². The molecule has 0 saturated heterocycles. The highest BCUT2D eigenvalue weighted by atomic mass is 16.5. The highest BCUT2D eigenvalue weighted by molar-refractivity contribution is 5.91. The molecular formula is C20H25NO3. The van der Waals surface area contributed by atoms with Crippen LogP contribution in [0.15, 0.2) is 48.5 Å². The minimum absolute atomic E-state index is 0.0155. The monoisotopic (exact) mass is 327 g/mol. The van der Waals surface area contributed by atoms with E-state index in [0.29, 0.717) is 5.75 Å². The fraction of sp³-hybridized carbons (Fsp3) is 0.350. The van der Waals surface area contributed by atoms with Gasteiger partial charge in [0, 0.05) is 5.69 Å². The largest absolute Gasteiger partial charge is 0.494 e. The van der Waals surface area contributed by atoms with Crippen LogP contribution in [-0.2, 0) is 4.79 Å². The van der Waals surface area contributed by atoms with Gasteiger partial charge in [-0.3, -0.25) is 4.79 Å². The number of benzene rings is 2. The lowest BCUT2D eigenvalue weighted by atomic mass is 10.2. The molecule has 0 spiro atoms. The van der Waals surface area contributed by atoms with Gasteiger partial charge < -0.3 is 14.8 Å². The molecule has 2 rings (SSSR count). The quantitative estimate of drug-likeness (QED) is 0.686. The number of carbonyl (C=O) groups excluding carboxylic acids is 1. The van der Waals surface area contributed by atoms with Crippen molar-refractivity contribution in [2.75, 3.05) is 18.5 Å². The zero-order valence-corrected chi connectivity index (χ0v) is 14.4. The van der Waals surface area contributed by atoms with E-state index in [2.05, 4.69) is 12.2 Å². The molecule has 128 valence electrons. The average Bonchev–Trinajstić information content (AvgIpc) is 2.60. The van der Waals surface area contributed by atoms with Crippen LogP contribution in [-0.4, -0.2) is 19.1 Å². The van der Waals surface area contributed by atoms with Crippen LogP contribution in [0.25, 0.3) is 0 Å². The molecule has 1 N–H and O–H groups in total. The van der Waals surface area contributed by atoms with Crippen LogP contribution in [0.2, 0.25) is 0 Å². The third-order valence-electron chi connectivity index (χ3n) is 3.55. The van der Waals surface area contributed by atoms with E-state index in [9.17, 15) is 4.79 Å². The number of aryl methyl sites for hydroxylation is 1. The van der Waals surface area contributed by atoms with Crippen molar-refractivity contribution in [3.05, 3.63) is 54.1 Å². The predicted octanol–water partition coefficient (Wildman–Crippen LogP) is 4.58. The summed E-state index contributed by atoms with van der Waals surface area (Å²) in [5, 5.41) is 2.81. The Bertz CT molecular complexity index is 620. The molecule has 0 atom stereocenters. The Morgan fingerprint density at radius 1 is 0.917 bits per heavy atom. The van der Waals surface area contributed by atoms with Gasteiger partial charge in [0.2, 0.25) is 0 Å². The van der Waals surface area contributed by atoms with Crippen LogP contribution in [0, 0.1) is 6.92 Å². The zero-order valence-electron chi connectivity index (χ0n) is 14.4. The Balaban J connectivity index is 1.74. The molecule has 0 radical (unpaired) electrons. The molecule has 0 saturated carbocycles. The first-order chi connectivity index (χ1) is 11.7. The summed E-state index contributed by atoms with van der Waals surface area (Å²) in [5.74, 6) is 1.32. The molecule has 2 aromatic carbocycles. The zero-order chi connectivity index (χ0) is 17.2. The van der Waals surface area contributed by atoms with Crippen molar-refractivity contribution in [1.29, 1.82) is 0 Å². The fourth-order valence-electron chi connectivity index (χ4n) is 2.16. The lowest BCUT2D eigenvalue weighted by Gasteiger charge is -2.09. The van der Waals surface area contributed by atoms with Gasteiger partial charge in [0.25, 0.3) is 5.91 Å². The summed E-state index contributed by atoms with van der Waals surface area (Å²) in [5.41, 5.74) is 1.89. The van der Waals surface area contributed by atoms with Crippen LogP contribution in [0.1, 0.15) is 31.7 Å². The molecule has 2 aromatic rings. The van der Waals surface area contributed by atoms with Crippen LogP contribution in [0.5, 0.6) is 11.5 Å². The summed E-state index contributed by atoms with van der Waals surface area (Å²) in [6.45, 7) is 4.88. The molecule has 0 aliphatic heterocycles. The van der Waals surface area contributed by atoms with Crippen molar-refractivity contribution in [2.45, 2.75) is 33.1 Å². The summed E-state index contributed by atoms with van der Waals surface area (Å²) in [7, 11) is 0. The van der Waals surface area contributed by atoms with E-state index in [1.807, 2.05) is 55.5 Å². The number of hydrogen-bond acceptors (Lipinski definition) is 3. The first-order valence-electron chi connectivity index (χ1n) is 8.39. The molecule has 1 amide bonds. The van der Waals surface area contributed by atoms with E-state index in [1.54, 1.807) is 0 Å². The van der Waals surface area contributed by atoms with Gasteiger partial charge in [-0.2, -0.15) is 0 Å². The highest BCUT2D eigenvalue weighted by Gasteiger charge is 2.04. The van der Waals surface area contributed by atoms with Gasteiger partial charge in [0.05, 0.1) is 6.61 Å². The maximum Gasteiger partial charge on any atom is 0.262 e. The van der Waals surface area contributed by atoms with Gasteiger partial charge in [-0.15, -0.1) is 0 Å². The Kier molecular flexibility index (Phi) is 7.15. The number of carbonyl (C=O) groups is 1. The minimum atomic E-state index is -0.188. The molecule has 0 aliphatic carbocycles. The fourth-order valence-corrected chi connectivity index (χ4v) is 2.16. The second-order valence-corrected chi connectivity index (χ2v) is 5.73. The number of unbranched alkanes of at least 4 members (excludes halogenated alkanes) is 2. The van der Waals surface area contributed by atoms with Crippen molar-refractivity contribution in [2.24, 2.45) is 0 Å². The number of ether oxygens (including phenoxy) is 2.